The van der Waals surface area contributed by atoms with E-state index in [1.165, 1.54) is 141 Å². The van der Waals surface area contributed by atoms with Crippen molar-refractivity contribution >= 4 is 11.6 Å². The van der Waals surface area contributed by atoms with Crippen LogP contribution in [0.25, 0.3) is 0 Å². The van der Waals surface area contributed by atoms with Crippen LogP contribution in [-0.4, -0.2) is 11.6 Å². The van der Waals surface area contributed by atoms with Crippen LogP contribution in [0.15, 0.2) is 24.3 Å². The third-order valence-electron chi connectivity index (χ3n) is 10.3. The van der Waals surface area contributed by atoms with E-state index in [1.807, 2.05) is 27.7 Å². The Labute approximate surface area is 277 Å². The maximum Gasteiger partial charge on any atom is 0.139 e. The van der Waals surface area contributed by atoms with Crippen molar-refractivity contribution in [3.8, 4) is 0 Å². The van der Waals surface area contributed by atoms with Crippen LogP contribution in [0, 0.1) is 10.8 Å². The molecule has 44 heavy (non-hydrogen) atoms. The van der Waals surface area contributed by atoms with E-state index in [9.17, 15) is 9.59 Å². The number of Topliss-reactive ketones (excluding diaryl/α,β-unsaturated/α-hetero) is 2. The number of unbranched alkanes of at least 4 members (excludes halogenated alkanes) is 22. The predicted molar refractivity (Wildman–Crippen MR) is 196 cm³/mol. The number of rotatable bonds is 33. The summed E-state index contributed by atoms with van der Waals surface area (Å²) in [5.41, 5.74) is -1.21. The van der Waals surface area contributed by atoms with Gasteiger partial charge in [0.15, 0.2) is 0 Å². The smallest absolute Gasteiger partial charge is 0.139 e. The molecule has 0 aliphatic carbocycles. The maximum atomic E-state index is 13.2. The van der Waals surface area contributed by atoms with Crippen molar-refractivity contribution in [3.63, 3.8) is 0 Å². The third-order valence-corrected chi connectivity index (χ3v) is 10.3. The zero-order chi connectivity index (χ0) is 32.8. The van der Waals surface area contributed by atoms with Gasteiger partial charge in [-0.05, 0) is 64.2 Å². The highest BCUT2D eigenvalue weighted by molar-refractivity contribution is 5.94. The minimum absolute atomic E-state index is 0.262. The lowest BCUT2D eigenvalue weighted by Gasteiger charge is -2.39. The number of allylic oxidation sites excluding steroid dienone is 4. The average Bonchev–Trinajstić information content (AvgIpc) is 3.00. The number of carbonyl (C=O) groups excluding carboxylic acids is 2. The minimum atomic E-state index is -0.604. The summed E-state index contributed by atoms with van der Waals surface area (Å²) < 4.78 is 0. The van der Waals surface area contributed by atoms with Gasteiger partial charge in [-0.15, -0.1) is 0 Å². The predicted octanol–water partition coefficient (Wildman–Crippen LogP) is 14.3. The Morgan fingerprint density at radius 3 is 0.864 bits per heavy atom. The lowest BCUT2D eigenvalue weighted by molar-refractivity contribution is -0.144. The number of ketones is 2. The lowest BCUT2D eigenvalue weighted by atomic mass is 9.62. The zero-order valence-corrected chi connectivity index (χ0v) is 30.9. The Morgan fingerprint density at radius 1 is 0.364 bits per heavy atom. The first kappa shape index (κ1) is 42.8. The molecular weight excluding hydrogens is 536 g/mol. The molecule has 0 bridgehead atoms. The molecule has 0 aliphatic rings. The second-order valence-electron chi connectivity index (χ2n) is 14.8. The van der Waals surface area contributed by atoms with Crippen molar-refractivity contribution in [2.45, 2.75) is 221 Å². The third kappa shape index (κ3) is 22.3. The van der Waals surface area contributed by atoms with Crippen LogP contribution in [-0.2, 0) is 9.59 Å². The molecule has 0 saturated heterocycles. The van der Waals surface area contributed by atoms with Crippen LogP contribution < -0.4 is 0 Å². The van der Waals surface area contributed by atoms with Crippen molar-refractivity contribution in [1.29, 1.82) is 0 Å². The Hall–Kier alpha value is -1.18. The fraction of sp³-hybridized carbons (Fsp3) is 0.857. The van der Waals surface area contributed by atoms with Gasteiger partial charge in [0, 0.05) is 23.7 Å². The van der Waals surface area contributed by atoms with Crippen LogP contribution in [0.4, 0.5) is 0 Å². The maximum absolute atomic E-state index is 13.2. The Balaban J connectivity index is 3.91. The summed E-state index contributed by atoms with van der Waals surface area (Å²) in [4.78, 5) is 26.4. The summed E-state index contributed by atoms with van der Waals surface area (Å²) in [5, 5.41) is 0. The highest BCUT2D eigenvalue weighted by Crippen LogP contribution is 2.42. The monoisotopic (exact) mass is 615 g/mol. The molecule has 0 fully saturated rings. The van der Waals surface area contributed by atoms with E-state index in [0.717, 1.165) is 25.7 Å². The van der Waals surface area contributed by atoms with E-state index in [2.05, 4.69) is 38.2 Å². The van der Waals surface area contributed by atoms with Gasteiger partial charge in [0.2, 0.25) is 0 Å². The van der Waals surface area contributed by atoms with Gasteiger partial charge in [-0.25, -0.2) is 0 Å². The number of hydrogen-bond donors (Lipinski definition) is 0. The van der Waals surface area contributed by atoms with Crippen LogP contribution in [0.3, 0.4) is 0 Å². The number of hydrogen-bond acceptors (Lipinski definition) is 2. The fourth-order valence-electron chi connectivity index (χ4n) is 6.03. The van der Waals surface area contributed by atoms with Crippen molar-refractivity contribution in [2.24, 2.45) is 10.8 Å². The first-order chi connectivity index (χ1) is 21.2. The highest BCUT2D eigenvalue weighted by atomic mass is 16.1. The summed E-state index contributed by atoms with van der Waals surface area (Å²) in [7, 11) is 0. The van der Waals surface area contributed by atoms with E-state index in [1.54, 1.807) is 0 Å². The van der Waals surface area contributed by atoms with Gasteiger partial charge in [-0.1, -0.05) is 169 Å². The average molecular weight is 615 g/mol. The molecule has 0 aromatic carbocycles. The van der Waals surface area contributed by atoms with Gasteiger partial charge in [0.05, 0.1) is 0 Å². The van der Waals surface area contributed by atoms with E-state index >= 15 is 0 Å². The Morgan fingerprint density at radius 2 is 0.591 bits per heavy atom. The summed E-state index contributed by atoms with van der Waals surface area (Å²) in [6.45, 7) is 12.6. The number of carbonyl (C=O) groups is 2. The van der Waals surface area contributed by atoms with Crippen LogP contribution >= 0.6 is 0 Å². The Bertz CT molecular complexity index is 664. The molecule has 0 aromatic heterocycles. The van der Waals surface area contributed by atoms with Gasteiger partial charge in [-0.2, -0.15) is 0 Å². The van der Waals surface area contributed by atoms with Gasteiger partial charge in [-0.3, -0.25) is 9.59 Å². The second-order valence-corrected chi connectivity index (χ2v) is 14.8. The topological polar surface area (TPSA) is 34.1 Å². The second kappa shape index (κ2) is 29.2. The van der Waals surface area contributed by atoms with Crippen molar-refractivity contribution in [2.75, 3.05) is 0 Å². The molecule has 258 valence electrons. The molecule has 2 nitrogen and oxygen atoms in total. The molecule has 0 atom stereocenters. The zero-order valence-electron chi connectivity index (χ0n) is 30.9. The molecule has 0 N–H and O–H groups in total. The van der Waals surface area contributed by atoms with Crippen LogP contribution in [0.1, 0.15) is 221 Å². The van der Waals surface area contributed by atoms with E-state index < -0.39 is 10.8 Å². The van der Waals surface area contributed by atoms with Crippen molar-refractivity contribution in [1.82, 2.24) is 0 Å². The van der Waals surface area contributed by atoms with Crippen LogP contribution in [0.5, 0.6) is 0 Å². The molecular formula is C42H78O2. The van der Waals surface area contributed by atoms with Gasteiger partial charge in [0.1, 0.15) is 11.6 Å². The van der Waals surface area contributed by atoms with Gasteiger partial charge >= 0.3 is 0 Å². The quantitative estimate of drug-likeness (QED) is 0.0544. The van der Waals surface area contributed by atoms with E-state index in [4.69, 9.17) is 0 Å². The molecule has 0 saturated carbocycles. The highest BCUT2D eigenvalue weighted by Gasteiger charge is 2.46. The molecule has 0 spiro atoms. The fourth-order valence-corrected chi connectivity index (χ4v) is 6.03. The summed E-state index contributed by atoms with van der Waals surface area (Å²) in [5.74, 6) is 0.524. The lowest BCUT2D eigenvalue weighted by Crippen LogP contribution is -2.45. The van der Waals surface area contributed by atoms with Gasteiger partial charge in [0.25, 0.3) is 0 Å². The van der Waals surface area contributed by atoms with E-state index in [-0.39, 0.29) is 11.6 Å². The molecule has 0 aliphatic heterocycles. The molecule has 0 aromatic rings. The standard InChI is InChI=1S/C42H78O2/c1-7-9-11-13-15-17-19-21-23-25-27-29-31-33-35-37-39(43)41(3,4)42(5,6)40(44)38-36-34-32-30-28-26-24-22-20-18-16-14-12-10-8-2/h21-24H,7-20,25-38H2,1-6H3/b23-21-,24-22-. The normalized spacial score (nSPS) is 12.6. The van der Waals surface area contributed by atoms with Gasteiger partial charge < -0.3 is 0 Å². The SMILES string of the molecule is CCCCCCCC/C=C\CCCCCCCC(=O)C(C)(C)C(C)(C)C(=O)CCCCCCC/C=C\CCCCCCCC. The summed E-state index contributed by atoms with van der Waals surface area (Å²) in [6.07, 6.45) is 43.6. The summed E-state index contributed by atoms with van der Waals surface area (Å²) in [6, 6.07) is 0. The van der Waals surface area contributed by atoms with Crippen molar-refractivity contribution in [3.05, 3.63) is 24.3 Å². The first-order valence-corrected chi connectivity index (χ1v) is 19.6. The molecule has 0 rings (SSSR count). The molecule has 0 heterocycles. The first-order valence-electron chi connectivity index (χ1n) is 19.6. The summed E-state index contributed by atoms with van der Waals surface area (Å²) >= 11 is 0. The molecule has 2 heteroatoms. The molecule has 0 unspecified atom stereocenters. The molecule has 0 amide bonds. The van der Waals surface area contributed by atoms with Crippen LogP contribution in [0.2, 0.25) is 0 Å². The Kier molecular flexibility index (Phi) is 28.5. The van der Waals surface area contributed by atoms with E-state index in [0.29, 0.717) is 12.8 Å². The minimum Gasteiger partial charge on any atom is -0.299 e. The molecule has 0 radical (unpaired) electrons. The largest absolute Gasteiger partial charge is 0.299 e. The van der Waals surface area contributed by atoms with Crippen molar-refractivity contribution < 1.29 is 9.59 Å².